The zero-order chi connectivity index (χ0) is 38.4. The van der Waals surface area contributed by atoms with E-state index < -0.39 is 0 Å². The molecule has 0 atom stereocenters. The maximum atomic E-state index is 3.87. The van der Waals surface area contributed by atoms with Crippen LogP contribution in [0.5, 0.6) is 0 Å². The Hall–Kier alpha value is -6.10. The van der Waals surface area contributed by atoms with Crippen LogP contribution in [0.3, 0.4) is 0 Å². The van der Waals surface area contributed by atoms with E-state index in [2.05, 4.69) is 190 Å². The number of nitrogens with zero attached hydrogens (tertiary/aromatic N) is 1. The number of fused-ring (bicyclic) bond motifs is 6. The van der Waals surface area contributed by atoms with Crippen LogP contribution in [0.1, 0.15) is 51.3 Å². The largest absolute Gasteiger partial charge is 0.355 e. The maximum absolute atomic E-state index is 3.87. The van der Waals surface area contributed by atoms with E-state index in [0.29, 0.717) is 0 Å². The zero-order valence-corrected chi connectivity index (χ0v) is 33.7. The summed E-state index contributed by atoms with van der Waals surface area (Å²) in [6.07, 6.45) is 0. The summed E-state index contributed by atoms with van der Waals surface area (Å²) >= 11 is 1.90. The quantitative estimate of drug-likeness (QED) is 0.177. The number of aromatic nitrogens is 1. The van der Waals surface area contributed by atoms with Gasteiger partial charge in [0.25, 0.3) is 0 Å². The van der Waals surface area contributed by atoms with E-state index in [9.17, 15) is 0 Å². The maximum Gasteiger partial charge on any atom is 0.198 e. The fraction of sp³-hybridized carbons (Fsp3) is 0.132. The highest BCUT2D eigenvalue weighted by atomic mass is 32.1. The molecule has 0 fully saturated rings. The highest BCUT2D eigenvalue weighted by Crippen LogP contribution is 2.53. The lowest BCUT2D eigenvalue weighted by Gasteiger charge is -2.38. The number of thiophene rings is 1. The van der Waals surface area contributed by atoms with Crippen LogP contribution in [0.4, 0.5) is 11.4 Å². The van der Waals surface area contributed by atoms with Crippen LogP contribution in [0.15, 0.2) is 146 Å². The number of rotatable bonds is 4. The van der Waals surface area contributed by atoms with E-state index >= 15 is 0 Å². The van der Waals surface area contributed by atoms with Crippen LogP contribution >= 0.6 is 11.3 Å². The third kappa shape index (κ3) is 4.59. The third-order valence-electron chi connectivity index (χ3n) is 13.1. The Morgan fingerprint density at radius 2 is 1.35 bits per heavy atom. The summed E-state index contributed by atoms with van der Waals surface area (Å²) in [6, 6.07) is 55.1. The predicted molar refractivity (Wildman–Crippen MR) is 249 cm³/mol. The Kier molecular flexibility index (Phi) is 6.67. The number of para-hydroxylation sites is 2. The molecule has 0 spiro atoms. The first-order valence-corrected chi connectivity index (χ1v) is 21.0. The second-order valence-electron chi connectivity index (χ2n) is 17.8. The minimum atomic E-state index is -0.159. The number of hydrogen-bond donors (Lipinski definition) is 1. The lowest BCUT2D eigenvalue weighted by Crippen LogP contribution is -2.41. The first kappa shape index (κ1) is 33.1. The highest BCUT2D eigenvalue weighted by Gasteiger charge is 2.40. The lowest BCUT2D eigenvalue weighted by molar-refractivity contribution is 0.590. The van der Waals surface area contributed by atoms with Crippen molar-refractivity contribution >= 4 is 93.7 Å². The molecule has 0 bridgehead atoms. The lowest BCUT2D eigenvalue weighted by atomic mass is 9.57. The molecule has 2 aliphatic rings. The summed E-state index contributed by atoms with van der Waals surface area (Å²) in [5.41, 5.74) is 18.2. The van der Waals surface area contributed by atoms with Crippen LogP contribution in [0.2, 0.25) is 0 Å². The van der Waals surface area contributed by atoms with Gasteiger partial charge in [0.15, 0.2) is 7.28 Å². The van der Waals surface area contributed by atoms with Crippen molar-refractivity contribution in [3.8, 4) is 27.9 Å². The van der Waals surface area contributed by atoms with Crippen molar-refractivity contribution in [2.24, 2.45) is 0 Å². The van der Waals surface area contributed by atoms with Crippen molar-refractivity contribution in [3.63, 3.8) is 0 Å². The molecular formula is C53H41BN2S. The molecule has 0 unspecified atom stereocenters. The van der Waals surface area contributed by atoms with E-state index in [4.69, 9.17) is 0 Å². The number of hydrogen-bond acceptors (Lipinski definition) is 2. The summed E-state index contributed by atoms with van der Waals surface area (Å²) in [5.74, 6) is 0. The van der Waals surface area contributed by atoms with Crippen molar-refractivity contribution in [1.29, 1.82) is 0 Å². The predicted octanol–water partition coefficient (Wildman–Crippen LogP) is 13.0. The van der Waals surface area contributed by atoms with Gasteiger partial charge in [0.2, 0.25) is 0 Å². The van der Waals surface area contributed by atoms with Crippen molar-refractivity contribution in [2.75, 3.05) is 5.32 Å². The van der Waals surface area contributed by atoms with Crippen LogP contribution in [0.25, 0.3) is 80.7 Å². The van der Waals surface area contributed by atoms with Gasteiger partial charge in [-0.05, 0) is 97.5 Å². The molecule has 0 saturated heterocycles. The minimum Gasteiger partial charge on any atom is -0.355 e. The Bertz CT molecular complexity index is 3350. The second-order valence-corrected chi connectivity index (χ2v) is 18.9. The van der Waals surface area contributed by atoms with Crippen LogP contribution in [-0.4, -0.2) is 11.8 Å². The third-order valence-corrected chi connectivity index (χ3v) is 14.3. The Labute approximate surface area is 337 Å². The fourth-order valence-corrected chi connectivity index (χ4v) is 11.4. The highest BCUT2D eigenvalue weighted by molar-refractivity contribution is 7.25. The van der Waals surface area contributed by atoms with E-state index in [1.165, 1.54) is 108 Å². The topological polar surface area (TPSA) is 17.0 Å². The summed E-state index contributed by atoms with van der Waals surface area (Å²) < 4.78 is 5.35. The van der Waals surface area contributed by atoms with E-state index in [1.807, 2.05) is 11.3 Å². The number of nitrogens with one attached hydrogen (secondary N) is 1. The van der Waals surface area contributed by atoms with E-state index in [-0.39, 0.29) is 10.8 Å². The molecule has 10 aromatic rings. The smallest absolute Gasteiger partial charge is 0.198 e. The van der Waals surface area contributed by atoms with E-state index in [0.717, 1.165) is 18.7 Å². The van der Waals surface area contributed by atoms with Crippen molar-refractivity contribution in [1.82, 2.24) is 4.57 Å². The molecule has 12 rings (SSSR count). The van der Waals surface area contributed by atoms with Gasteiger partial charge < -0.3 is 9.88 Å². The standard InChI is InChI=1S/C53H41BN2S/c1-52(2,3)32-22-24-33(25-23-32)55-43-19-10-8-15-35(43)39-29-38(31-21-26-37-36-16-9-11-20-44(36)57-45(37)28-31)47-46-34-14-7-6-13-30(34)27-41-50(46)56-49-40(53(41,4)5)17-12-18-42(49)54-48(39)51(47)56/h6-29,54-55H,1-5H3. The molecule has 2 nitrogen and oxygen atoms in total. The van der Waals surface area contributed by atoms with Gasteiger partial charge in [-0.3, -0.25) is 0 Å². The zero-order valence-electron chi connectivity index (χ0n) is 32.9. The van der Waals surface area contributed by atoms with Crippen molar-refractivity contribution in [3.05, 3.63) is 162 Å². The van der Waals surface area contributed by atoms with Crippen LogP contribution < -0.4 is 16.2 Å². The molecule has 0 aliphatic carbocycles. The Balaban J connectivity index is 1.22. The summed E-state index contributed by atoms with van der Waals surface area (Å²) in [4.78, 5) is 0. The van der Waals surface area contributed by atoms with Crippen LogP contribution in [-0.2, 0) is 10.8 Å². The van der Waals surface area contributed by atoms with Gasteiger partial charge >= 0.3 is 0 Å². The minimum absolute atomic E-state index is 0.0986. The van der Waals surface area contributed by atoms with Gasteiger partial charge in [-0.2, -0.15) is 0 Å². The van der Waals surface area contributed by atoms with Gasteiger partial charge in [-0.25, -0.2) is 0 Å². The van der Waals surface area contributed by atoms with Gasteiger partial charge in [0.05, 0.1) is 5.52 Å². The Morgan fingerprint density at radius 1 is 0.596 bits per heavy atom. The molecule has 272 valence electrons. The first-order valence-electron chi connectivity index (χ1n) is 20.2. The fourth-order valence-electron chi connectivity index (χ4n) is 10.3. The average Bonchev–Trinajstić information content (AvgIpc) is 3.77. The van der Waals surface area contributed by atoms with Crippen LogP contribution in [0, 0.1) is 0 Å². The Morgan fingerprint density at radius 3 is 2.19 bits per heavy atom. The van der Waals surface area contributed by atoms with Gasteiger partial charge in [-0.1, -0.05) is 143 Å². The van der Waals surface area contributed by atoms with Crippen molar-refractivity contribution < 1.29 is 0 Å². The molecule has 57 heavy (non-hydrogen) atoms. The normalized spacial score (nSPS) is 14.0. The van der Waals surface area contributed by atoms with Crippen molar-refractivity contribution in [2.45, 2.75) is 45.4 Å². The average molecular weight is 749 g/mol. The molecule has 0 amide bonds. The molecule has 0 radical (unpaired) electrons. The molecule has 0 saturated carbocycles. The van der Waals surface area contributed by atoms with Gasteiger partial charge in [-0.15, -0.1) is 11.3 Å². The summed E-state index contributed by atoms with van der Waals surface area (Å²) in [5, 5.41) is 11.9. The van der Waals surface area contributed by atoms with E-state index in [1.54, 1.807) is 0 Å². The van der Waals surface area contributed by atoms with Gasteiger partial charge in [0, 0.05) is 64.5 Å². The van der Waals surface area contributed by atoms with Gasteiger partial charge in [0.1, 0.15) is 0 Å². The first-order chi connectivity index (χ1) is 27.6. The summed E-state index contributed by atoms with van der Waals surface area (Å²) in [7, 11) is 0.874. The summed E-state index contributed by atoms with van der Waals surface area (Å²) in [6.45, 7) is 11.7. The molecule has 4 heteroatoms. The number of anilines is 2. The number of benzene rings is 8. The SMILES string of the molecule is CC(C)(C)c1ccc(Nc2ccccc2-c2cc(-c3ccc4c(c3)sc3ccccc34)c3c4c5ccccc5cc5c4n4c3c2Bc2cccc(c2-4)C5(C)C)cc1. The molecule has 2 aliphatic heterocycles. The molecule has 1 N–H and O–H groups in total. The second kappa shape index (κ2) is 11.5. The monoisotopic (exact) mass is 748 g/mol. The molecular weight excluding hydrogens is 707 g/mol. The molecule has 8 aromatic carbocycles. The molecule has 4 heterocycles. The molecule has 2 aromatic heterocycles.